The number of hydrogen-bond acceptors (Lipinski definition) is 2. The highest BCUT2D eigenvalue weighted by Crippen LogP contribution is 2.40. The lowest BCUT2D eigenvalue weighted by molar-refractivity contribution is 0.431. The van der Waals surface area contributed by atoms with Crippen LogP contribution >= 0.6 is 0 Å². The summed E-state index contributed by atoms with van der Waals surface area (Å²) in [5.74, 6) is 1.66. The Hall–Kier alpha value is -0.860. The first kappa shape index (κ1) is 12.2. The van der Waals surface area contributed by atoms with Gasteiger partial charge >= 0.3 is 0 Å². The monoisotopic (exact) mass is 244 g/mol. The average Bonchev–Trinajstić information content (AvgIpc) is 3.22. The maximum Gasteiger partial charge on any atom is 0.0143 e. The summed E-state index contributed by atoms with van der Waals surface area (Å²) in [6.07, 6.45) is 5.41. The van der Waals surface area contributed by atoms with E-state index in [9.17, 15) is 0 Å². The van der Waals surface area contributed by atoms with E-state index in [0.717, 1.165) is 17.9 Å². The maximum absolute atomic E-state index is 3.77. The summed E-state index contributed by atoms with van der Waals surface area (Å²) in [6.45, 7) is 3.64. The fourth-order valence-electron chi connectivity index (χ4n) is 3.10. The van der Waals surface area contributed by atoms with Crippen LogP contribution in [0.2, 0.25) is 0 Å². The fraction of sp³-hybridized carbons (Fsp3) is 0.625. The van der Waals surface area contributed by atoms with Gasteiger partial charge < -0.3 is 10.6 Å². The molecule has 1 saturated heterocycles. The van der Waals surface area contributed by atoms with Gasteiger partial charge in [-0.3, -0.25) is 0 Å². The Kier molecular flexibility index (Phi) is 3.96. The van der Waals surface area contributed by atoms with Gasteiger partial charge in [0.15, 0.2) is 0 Å². The molecule has 1 aromatic rings. The molecule has 1 heterocycles. The molecule has 1 aliphatic carbocycles. The number of hydrogen-bond donors (Lipinski definition) is 2. The van der Waals surface area contributed by atoms with Crippen LogP contribution in [0.1, 0.15) is 37.2 Å². The Bertz CT molecular complexity index is 355. The van der Waals surface area contributed by atoms with Gasteiger partial charge in [-0.25, -0.2) is 0 Å². The number of rotatable bonds is 4. The van der Waals surface area contributed by atoms with Gasteiger partial charge in [0.25, 0.3) is 0 Å². The van der Waals surface area contributed by atoms with Gasteiger partial charge in [0, 0.05) is 12.0 Å². The van der Waals surface area contributed by atoms with E-state index < -0.39 is 0 Å². The Morgan fingerprint density at radius 2 is 2.00 bits per heavy atom. The minimum atomic E-state index is 0.739. The first-order valence-electron chi connectivity index (χ1n) is 7.42. The quantitative estimate of drug-likeness (QED) is 0.850. The van der Waals surface area contributed by atoms with Crippen molar-refractivity contribution in [2.24, 2.45) is 5.92 Å². The van der Waals surface area contributed by atoms with E-state index >= 15 is 0 Å². The van der Waals surface area contributed by atoms with Gasteiger partial charge in [-0.05, 0) is 56.8 Å². The highest BCUT2D eigenvalue weighted by atomic mass is 15.0. The third kappa shape index (κ3) is 3.12. The van der Waals surface area contributed by atoms with Crippen molar-refractivity contribution in [2.75, 3.05) is 19.6 Å². The predicted octanol–water partition coefficient (Wildman–Crippen LogP) is 2.52. The molecule has 3 rings (SSSR count). The zero-order chi connectivity index (χ0) is 12.2. The van der Waals surface area contributed by atoms with Gasteiger partial charge in [-0.2, -0.15) is 0 Å². The van der Waals surface area contributed by atoms with E-state index in [4.69, 9.17) is 0 Å². The lowest BCUT2D eigenvalue weighted by Crippen LogP contribution is -2.26. The highest BCUT2D eigenvalue weighted by Gasteiger charge is 2.37. The van der Waals surface area contributed by atoms with Crippen LogP contribution in [0.25, 0.3) is 0 Å². The van der Waals surface area contributed by atoms with Crippen molar-refractivity contribution in [2.45, 2.75) is 37.6 Å². The van der Waals surface area contributed by atoms with Crippen LogP contribution in [0.3, 0.4) is 0 Å². The van der Waals surface area contributed by atoms with E-state index in [1.807, 2.05) is 0 Å². The van der Waals surface area contributed by atoms with Crippen LogP contribution in [-0.2, 0) is 0 Å². The molecule has 0 radical (unpaired) electrons. The third-order valence-corrected chi connectivity index (χ3v) is 4.38. The van der Waals surface area contributed by atoms with Crippen LogP contribution in [0.15, 0.2) is 30.3 Å². The molecule has 2 aliphatic rings. The molecule has 1 aromatic carbocycles. The van der Waals surface area contributed by atoms with Crippen LogP contribution in [0, 0.1) is 5.92 Å². The zero-order valence-electron chi connectivity index (χ0n) is 11.1. The molecule has 0 amide bonds. The summed E-state index contributed by atoms with van der Waals surface area (Å²) in [7, 11) is 0. The summed E-state index contributed by atoms with van der Waals surface area (Å²) in [5.41, 5.74) is 1.51. The Morgan fingerprint density at radius 1 is 1.11 bits per heavy atom. The first-order chi connectivity index (χ1) is 8.93. The molecule has 2 unspecified atom stereocenters. The molecule has 0 spiro atoms. The van der Waals surface area contributed by atoms with Crippen LogP contribution < -0.4 is 10.6 Å². The largest absolute Gasteiger partial charge is 0.317 e. The molecule has 1 saturated carbocycles. The lowest BCUT2D eigenvalue weighted by Gasteiger charge is -2.14. The second kappa shape index (κ2) is 5.85. The molecular formula is C16H24N2. The van der Waals surface area contributed by atoms with Gasteiger partial charge in [-0.15, -0.1) is 0 Å². The van der Waals surface area contributed by atoms with Crippen molar-refractivity contribution in [3.63, 3.8) is 0 Å². The Balaban J connectivity index is 1.43. The second-order valence-electron chi connectivity index (χ2n) is 5.81. The van der Waals surface area contributed by atoms with E-state index in [-0.39, 0.29) is 0 Å². The Morgan fingerprint density at radius 3 is 2.89 bits per heavy atom. The SMILES string of the molecule is c1ccc(C2C[C@@H]2NCC2CCCNCC2)cc1. The summed E-state index contributed by atoms with van der Waals surface area (Å²) in [4.78, 5) is 0. The summed E-state index contributed by atoms with van der Waals surface area (Å²) in [6, 6.07) is 11.7. The molecule has 0 aromatic heterocycles. The maximum atomic E-state index is 3.77. The van der Waals surface area contributed by atoms with Gasteiger partial charge in [0.05, 0.1) is 0 Å². The molecule has 98 valence electrons. The number of nitrogens with one attached hydrogen (secondary N) is 2. The standard InChI is InChI=1S/C16H24N2/c1-2-6-14(7-3-1)15-11-16(15)18-12-13-5-4-9-17-10-8-13/h1-3,6-7,13,15-18H,4-5,8-12H2/t13?,15?,16-/m0/s1. The summed E-state index contributed by atoms with van der Waals surface area (Å²) < 4.78 is 0. The normalized spacial score (nSPS) is 31.9. The van der Waals surface area contributed by atoms with Crippen molar-refractivity contribution in [1.82, 2.24) is 10.6 Å². The van der Waals surface area contributed by atoms with Crippen LogP contribution in [0.4, 0.5) is 0 Å². The molecule has 0 bridgehead atoms. The predicted molar refractivity (Wildman–Crippen MR) is 75.8 cm³/mol. The summed E-state index contributed by atoms with van der Waals surface area (Å²) >= 11 is 0. The molecule has 2 N–H and O–H groups in total. The van der Waals surface area contributed by atoms with Crippen molar-refractivity contribution >= 4 is 0 Å². The van der Waals surface area contributed by atoms with Crippen molar-refractivity contribution < 1.29 is 0 Å². The highest BCUT2D eigenvalue weighted by molar-refractivity contribution is 5.27. The van der Waals surface area contributed by atoms with Gasteiger partial charge in [0.2, 0.25) is 0 Å². The molecule has 18 heavy (non-hydrogen) atoms. The van der Waals surface area contributed by atoms with E-state index in [2.05, 4.69) is 41.0 Å². The van der Waals surface area contributed by atoms with Crippen molar-refractivity contribution in [3.8, 4) is 0 Å². The second-order valence-corrected chi connectivity index (χ2v) is 5.81. The molecule has 2 nitrogen and oxygen atoms in total. The van der Waals surface area contributed by atoms with Crippen LogP contribution in [0.5, 0.6) is 0 Å². The molecular weight excluding hydrogens is 220 g/mol. The fourth-order valence-corrected chi connectivity index (χ4v) is 3.10. The topological polar surface area (TPSA) is 24.1 Å². The minimum absolute atomic E-state index is 0.739. The van der Waals surface area contributed by atoms with Gasteiger partial charge in [0.1, 0.15) is 0 Å². The van der Waals surface area contributed by atoms with E-state index in [1.54, 1.807) is 0 Å². The van der Waals surface area contributed by atoms with E-state index in [0.29, 0.717) is 0 Å². The Labute approximate surface area is 110 Å². The van der Waals surface area contributed by atoms with E-state index in [1.165, 1.54) is 50.9 Å². The average molecular weight is 244 g/mol. The number of benzene rings is 1. The van der Waals surface area contributed by atoms with Crippen LogP contribution in [-0.4, -0.2) is 25.7 Å². The molecule has 2 fully saturated rings. The van der Waals surface area contributed by atoms with Crippen molar-refractivity contribution in [1.29, 1.82) is 0 Å². The minimum Gasteiger partial charge on any atom is -0.317 e. The van der Waals surface area contributed by atoms with Crippen molar-refractivity contribution in [3.05, 3.63) is 35.9 Å². The lowest BCUT2D eigenvalue weighted by atomic mass is 10.0. The van der Waals surface area contributed by atoms with Gasteiger partial charge in [-0.1, -0.05) is 30.3 Å². The summed E-state index contributed by atoms with van der Waals surface area (Å²) in [5, 5.41) is 7.26. The first-order valence-corrected chi connectivity index (χ1v) is 7.42. The zero-order valence-corrected chi connectivity index (χ0v) is 11.1. The molecule has 2 heteroatoms. The smallest absolute Gasteiger partial charge is 0.0143 e. The molecule has 3 atom stereocenters. The molecule has 1 aliphatic heterocycles. The third-order valence-electron chi connectivity index (χ3n) is 4.38.